The maximum Gasteiger partial charge on any atom is 0.326 e. The van der Waals surface area contributed by atoms with E-state index in [4.69, 9.17) is 21.3 Å². The third kappa shape index (κ3) is 3.17. The van der Waals surface area contributed by atoms with Gasteiger partial charge in [-0.05, 0) is 0 Å². The predicted octanol–water partition coefficient (Wildman–Crippen LogP) is -2.11. The highest BCUT2D eigenvalue weighted by atomic mass is 16.5. The maximum atomic E-state index is 11.9. The summed E-state index contributed by atoms with van der Waals surface area (Å²) in [6.45, 7) is 0.152. The summed E-state index contributed by atoms with van der Waals surface area (Å²) in [5, 5.41) is 9.03. The van der Waals surface area contributed by atoms with Crippen molar-refractivity contribution in [3.63, 3.8) is 0 Å². The highest BCUT2D eigenvalue weighted by molar-refractivity contribution is 5.90. The van der Waals surface area contributed by atoms with Crippen LogP contribution in [0.1, 0.15) is 12.8 Å². The van der Waals surface area contributed by atoms with E-state index in [1.807, 2.05) is 0 Å². The van der Waals surface area contributed by atoms with Crippen molar-refractivity contribution < 1.29 is 24.2 Å². The molecule has 1 aliphatic rings. The van der Waals surface area contributed by atoms with Gasteiger partial charge in [-0.1, -0.05) is 0 Å². The van der Waals surface area contributed by atoms with Crippen LogP contribution in [0.2, 0.25) is 0 Å². The number of rotatable bonds is 5. The third-order valence-corrected chi connectivity index (χ3v) is 2.90. The number of hydrogen-bond acceptors (Lipinski definition) is 5. The molecule has 0 radical (unpaired) electrons. The number of carboxylic acids is 1. The van der Waals surface area contributed by atoms with Crippen molar-refractivity contribution in [2.45, 2.75) is 31.0 Å². The minimum Gasteiger partial charge on any atom is -0.480 e. The lowest BCUT2D eigenvalue weighted by Gasteiger charge is -2.24. The van der Waals surface area contributed by atoms with E-state index in [1.54, 1.807) is 0 Å². The quantitative estimate of drug-likeness (QED) is 0.517. The van der Waals surface area contributed by atoms with Crippen molar-refractivity contribution in [2.24, 2.45) is 11.5 Å². The fourth-order valence-electron chi connectivity index (χ4n) is 1.96. The van der Waals surface area contributed by atoms with E-state index in [9.17, 15) is 14.4 Å². The first kappa shape index (κ1) is 14.4. The molecule has 2 amide bonds. The van der Waals surface area contributed by atoms with Crippen molar-refractivity contribution in [1.29, 1.82) is 0 Å². The molecule has 0 aromatic rings. The summed E-state index contributed by atoms with van der Waals surface area (Å²) in [4.78, 5) is 34.8. The number of carbonyl (C=O) groups excluding carboxylic acids is 2. The fraction of sp³-hybridized carbons (Fsp3) is 0.700. The standard InChI is InChI=1S/C10H17N3O5/c1-18-5-2-7(10(16)17)13(4-5)9(15)6(11)3-8(12)14/h5-7H,2-4,11H2,1H3,(H2,12,14)(H,16,17). The molecule has 0 aromatic carbocycles. The van der Waals surface area contributed by atoms with E-state index in [2.05, 4.69) is 0 Å². The van der Waals surface area contributed by atoms with Gasteiger partial charge in [0.05, 0.1) is 18.6 Å². The van der Waals surface area contributed by atoms with Crippen LogP contribution in [0, 0.1) is 0 Å². The molecule has 0 saturated carbocycles. The summed E-state index contributed by atoms with van der Waals surface area (Å²) in [6, 6.07) is -2.08. The highest BCUT2D eigenvalue weighted by Crippen LogP contribution is 2.21. The summed E-state index contributed by atoms with van der Waals surface area (Å²) in [7, 11) is 1.45. The second-order valence-electron chi connectivity index (χ2n) is 4.21. The molecule has 3 unspecified atom stereocenters. The number of ether oxygens (including phenoxy) is 1. The van der Waals surface area contributed by atoms with Crippen molar-refractivity contribution in [3.05, 3.63) is 0 Å². The molecule has 0 bridgehead atoms. The normalized spacial score (nSPS) is 24.9. The van der Waals surface area contributed by atoms with Crippen molar-refractivity contribution in [3.8, 4) is 0 Å². The molecule has 3 atom stereocenters. The summed E-state index contributed by atoms with van der Waals surface area (Å²) < 4.78 is 5.04. The number of nitrogens with zero attached hydrogens (tertiary/aromatic N) is 1. The summed E-state index contributed by atoms with van der Waals surface area (Å²) in [5.41, 5.74) is 10.5. The monoisotopic (exact) mass is 259 g/mol. The largest absolute Gasteiger partial charge is 0.480 e. The van der Waals surface area contributed by atoms with E-state index < -0.39 is 29.9 Å². The predicted molar refractivity (Wildman–Crippen MR) is 60.3 cm³/mol. The van der Waals surface area contributed by atoms with Gasteiger partial charge in [-0.15, -0.1) is 0 Å². The van der Waals surface area contributed by atoms with Crippen molar-refractivity contribution in [2.75, 3.05) is 13.7 Å². The molecular weight excluding hydrogens is 242 g/mol. The van der Waals surface area contributed by atoms with E-state index in [-0.39, 0.29) is 25.5 Å². The Bertz CT molecular complexity index is 359. The van der Waals surface area contributed by atoms with Gasteiger partial charge in [0.2, 0.25) is 11.8 Å². The van der Waals surface area contributed by atoms with Gasteiger partial charge in [0.1, 0.15) is 6.04 Å². The Morgan fingerprint density at radius 1 is 1.50 bits per heavy atom. The summed E-state index contributed by atoms with van der Waals surface area (Å²) in [5.74, 6) is -2.42. The lowest BCUT2D eigenvalue weighted by molar-refractivity contribution is -0.148. The maximum absolute atomic E-state index is 11.9. The van der Waals surface area contributed by atoms with Gasteiger partial charge >= 0.3 is 5.97 Å². The topological polar surface area (TPSA) is 136 Å². The number of likely N-dealkylation sites (tertiary alicyclic amines) is 1. The molecule has 1 heterocycles. The summed E-state index contributed by atoms with van der Waals surface area (Å²) in [6.07, 6.45) is -0.434. The van der Waals surface area contributed by atoms with E-state index in [1.165, 1.54) is 7.11 Å². The Labute approximate surface area is 104 Å². The van der Waals surface area contributed by atoms with Gasteiger partial charge in [0.25, 0.3) is 0 Å². The van der Waals surface area contributed by atoms with Crippen molar-refractivity contribution in [1.82, 2.24) is 4.90 Å². The minimum atomic E-state index is -1.12. The van der Waals surface area contributed by atoms with Crippen LogP contribution in [0.15, 0.2) is 0 Å². The van der Waals surface area contributed by atoms with Crippen molar-refractivity contribution >= 4 is 17.8 Å². The van der Waals surface area contributed by atoms with Gasteiger partial charge in [-0.2, -0.15) is 0 Å². The van der Waals surface area contributed by atoms with Crippen LogP contribution in [-0.2, 0) is 19.1 Å². The minimum absolute atomic E-state index is 0.152. The highest BCUT2D eigenvalue weighted by Gasteiger charge is 2.41. The first-order chi connectivity index (χ1) is 8.36. The SMILES string of the molecule is COC1CC(C(=O)O)N(C(=O)C(N)CC(N)=O)C1. The van der Waals surface area contributed by atoms with E-state index in [0.29, 0.717) is 0 Å². The van der Waals surface area contributed by atoms with E-state index >= 15 is 0 Å². The fourth-order valence-corrected chi connectivity index (χ4v) is 1.96. The van der Waals surface area contributed by atoms with Crippen LogP contribution in [0.25, 0.3) is 0 Å². The average Bonchev–Trinajstić information content (AvgIpc) is 2.71. The molecule has 1 rings (SSSR count). The molecule has 0 aliphatic carbocycles. The molecule has 0 spiro atoms. The van der Waals surface area contributed by atoms with Gasteiger partial charge in [0, 0.05) is 20.1 Å². The molecule has 0 aromatic heterocycles. The first-order valence-corrected chi connectivity index (χ1v) is 5.46. The Kier molecular flexibility index (Phi) is 4.62. The second-order valence-corrected chi connectivity index (χ2v) is 4.21. The van der Waals surface area contributed by atoms with E-state index in [0.717, 1.165) is 4.90 Å². The number of hydrogen-bond donors (Lipinski definition) is 3. The van der Waals surface area contributed by atoms with Gasteiger partial charge in [-0.25, -0.2) is 4.79 Å². The molecule has 1 aliphatic heterocycles. The Balaban J connectivity index is 2.76. The number of primary amides is 1. The molecule has 1 saturated heterocycles. The van der Waals surface area contributed by atoms with Gasteiger partial charge in [0.15, 0.2) is 0 Å². The smallest absolute Gasteiger partial charge is 0.326 e. The van der Waals surface area contributed by atoms with Crippen LogP contribution in [-0.4, -0.2) is 59.6 Å². The third-order valence-electron chi connectivity index (χ3n) is 2.90. The number of aliphatic carboxylic acids is 1. The van der Waals surface area contributed by atoms with Crippen LogP contribution in [0.4, 0.5) is 0 Å². The number of nitrogens with two attached hydrogens (primary N) is 2. The first-order valence-electron chi connectivity index (χ1n) is 5.46. The lowest BCUT2D eigenvalue weighted by Crippen LogP contribution is -2.49. The molecular formula is C10H17N3O5. The number of methoxy groups -OCH3 is 1. The summed E-state index contributed by atoms with van der Waals surface area (Å²) >= 11 is 0. The van der Waals surface area contributed by atoms with Crippen LogP contribution in [0.3, 0.4) is 0 Å². The van der Waals surface area contributed by atoms with Crippen LogP contribution in [0.5, 0.6) is 0 Å². The van der Waals surface area contributed by atoms with Gasteiger partial charge in [-0.3, -0.25) is 9.59 Å². The lowest BCUT2D eigenvalue weighted by atomic mass is 10.1. The molecule has 8 heteroatoms. The average molecular weight is 259 g/mol. The number of amides is 2. The Hall–Kier alpha value is -1.67. The van der Waals surface area contributed by atoms with Gasteiger partial charge < -0.3 is 26.2 Å². The molecule has 18 heavy (non-hydrogen) atoms. The molecule has 8 nitrogen and oxygen atoms in total. The number of carboxylic acid groups (broad SMARTS) is 1. The second kappa shape index (κ2) is 5.78. The zero-order valence-corrected chi connectivity index (χ0v) is 10.0. The Morgan fingerprint density at radius 3 is 2.56 bits per heavy atom. The molecule has 5 N–H and O–H groups in total. The van der Waals surface area contributed by atoms with Crippen LogP contribution >= 0.6 is 0 Å². The molecule has 102 valence electrons. The zero-order chi connectivity index (χ0) is 13.9. The number of carbonyl (C=O) groups is 3. The Morgan fingerprint density at radius 2 is 2.11 bits per heavy atom. The zero-order valence-electron chi connectivity index (χ0n) is 10.0. The molecule has 1 fully saturated rings. The van der Waals surface area contributed by atoms with Crippen LogP contribution < -0.4 is 11.5 Å².